The van der Waals surface area contributed by atoms with Gasteiger partial charge in [-0.15, -0.1) is 0 Å². The Labute approximate surface area is 133 Å². The van der Waals surface area contributed by atoms with Gasteiger partial charge in [-0.1, -0.05) is 47.5 Å². The molecule has 106 valence electrons. The second kappa shape index (κ2) is 6.02. The molecule has 0 saturated carbocycles. The maximum absolute atomic E-state index is 10.5. The standard InChI is InChI=1S/C17H13Cl2NO/c18-13-5-6-16(19)12(7-13)8-17(21)15-10-20-9-11-3-1-2-4-14(11)15/h1-7,9-10,17,21H,8H2. The summed E-state index contributed by atoms with van der Waals surface area (Å²) >= 11 is 12.1. The first kappa shape index (κ1) is 14.3. The SMILES string of the molecule is OC(Cc1cc(Cl)ccc1Cl)c1cncc2ccccc12. The molecule has 1 N–H and O–H groups in total. The molecule has 4 heteroatoms. The van der Waals surface area contributed by atoms with Gasteiger partial charge in [-0.3, -0.25) is 4.98 Å². The highest BCUT2D eigenvalue weighted by Gasteiger charge is 2.14. The Morgan fingerprint density at radius 1 is 1.05 bits per heavy atom. The van der Waals surface area contributed by atoms with Crippen molar-refractivity contribution < 1.29 is 5.11 Å². The van der Waals surface area contributed by atoms with Crippen molar-refractivity contribution in [2.24, 2.45) is 0 Å². The quantitative estimate of drug-likeness (QED) is 0.751. The molecule has 0 bridgehead atoms. The van der Waals surface area contributed by atoms with Crippen LogP contribution in [0.2, 0.25) is 10.0 Å². The average Bonchev–Trinajstić information content (AvgIpc) is 2.50. The van der Waals surface area contributed by atoms with Crippen molar-refractivity contribution >= 4 is 34.0 Å². The van der Waals surface area contributed by atoms with Crippen molar-refractivity contribution in [3.63, 3.8) is 0 Å². The van der Waals surface area contributed by atoms with E-state index < -0.39 is 6.10 Å². The summed E-state index contributed by atoms with van der Waals surface area (Å²) in [6.07, 6.45) is 3.21. The van der Waals surface area contributed by atoms with Crippen molar-refractivity contribution in [3.8, 4) is 0 Å². The zero-order valence-corrected chi connectivity index (χ0v) is 12.6. The molecular formula is C17H13Cl2NO. The molecule has 1 heterocycles. The van der Waals surface area contributed by atoms with Crippen LogP contribution in [-0.2, 0) is 6.42 Å². The number of pyridine rings is 1. The Morgan fingerprint density at radius 2 is 1.86 bits per heavy atom. The summed E-state index contributed by atoms with van der Waals surface area (Å²) in [6, 6.07) is 13.1. The van der Waals surface area contributed by atoms with Gasteiger partial charge in [0.1, 0.15) is 0 Å². The Morgan fingerprint density at radius 3 is 2.71 bits per heavy atom. The normalized spacial score (nSPS) is 12.5. The first-order valence-corrected chi connectivity index (χ1v) is 7.35. The molecule has 3 rings (SSSR count). The second-order valence-corrected chi connectivity index (χ2v) is 5.75. The minimum Gasteiger partial charge on any atom is -0.388 e. The predicted octanol–water partition coefficient (Wildman–Crippen LogP) is 4.82. The van der Waals surface area contributed by atoms with Crippen LogP contribution in [0.1, 0.15) is 17.2 Å². The van der Waals surface area contributed by atoms with Crippen LogP contribution in [0.3, 0.4) is 0 Å². The van der Waals surface area contributed by atoms with Crippen molar-refractivity contribution in [1.29, 1.82) is 0 Å². The molecule has 1 atom stereocenters. The third-order valence-electron chi connectivity index (χ3n) is 3.48. The molecule has 21 heavy (non-hydrogen) atoms. The molecular weight excluding hydrogens is 305 g/mol. The largest absolute Gasteiger partial charge is 0.388 e. The minimum absolute atomic E-state index is 0.398. The molecule has 0 spiro atoms. The zero-order chi connectivity index (χ0) is 14.8. The Kier molecular flexibility index (Phi) is 4.11. The van der Waals surface area contributed by atoms with Gasteiger partial charge in [-0.25, -0.2) is 0 Å². The molecule has 3 aromatic rings. The average molecular weight is 318 g/mol. The summed E-state index contributed by atoms with van der Waals surface area (Å²) in [5, 5.41) is 13.8. The smallest absolute Gasteiger partial charge is 0.0851 e. The zero-order valence-electron chi connectivity index (χ0n) is 11.1. The van der Waals surface area contributed by atoms with Gasteiger partial charge in [-0.2, -0.15) is 0 Å². The van der Waals surface area contributed by atoms with Crippen molar-refractivity contribution in [3.05, 3.63) is 76.0 Å². The van der Waals surface area contributed by atoms with Crippen molar-refractivity contribution in [2.75, 3.05) is 0 Å². The molecule has 2 aromatic carbocycles. The lowest BCUT2D eigenvalue weighted by Gasteiger charge is -2.14. The summed E-state index contributed by atoms with van der Waals surface area (Å²) < 4.78 is 0. The van der Waals surface area contributed by atoms with Crippen LogP contribution >= 0.6 is 23.2 Å². The van der Waals surface area contributed by atoms with Gasteiger partial charge in [0, 0.05) is 39.8 Å². The molecule has 0 fully saturated rings. The van der Waals surface area contributed by atoms with E-state index in [9.17, 15) is 5.11 Å². The maximum atomic E-state index is 10.5. The van der Waals surface area contributed by atoms with E-state index in [1.807, 2.05) is 24.3 Å². The molecule has 1 aromatic heterocycles. The molecule has 0 saturated heterocycles. The van der Waals surface area contributed by atoms with Crippen LogP contribution in [0.4, 0.5) is 0 Å². The van der Waals surface area contributed by atoms with Gasteiger partial charge in [0.25, 0.3) is 0 Å². The minimum atomic E-state index is -0.681. The van der Waals surface area contributed by atoms with Gasteiger partial charge < -0.3 is 5.11 Å². The number of aliphatic hydroxyl groups is 1. The number of benzene rings is 2. The van der Waals surface area contributed by atoms with Gasteiger partial charge in [0.2, 0.25) is 0 Å². The van der Waals surface area contributed by atoms with Crippen LogP contribution < -0.4 is 0 Å². The number of halogens is 2. The number of hydrogen-bond acceptors (Lipinski definition) is 2. The number of rotatable bonds is 3. The van der Waals surface area contributed by atoms with E-state index in [1.165, 1.54) is 0 Å². The predicted molar refractivity (Wildman–Crippen MR) is 86.9 cm³/mol. The van der Waals surface area contributed by atoms with Crippen LogP contribution in [0.25, 0.3) is 10.8 Å². The highest BCUT2D eigenvalue weighted by molar-refractivity contribution is 6.33. The fourth-order valence-corrected chi connectivity index (χ4v) is 2.81. The lowest BCUT2D eigenvalue weighted by molar-refractivity contribution is 0.179. The Bertz CT molecular complexity index is 783. The molecule has 1 unspecified atom stereocenters. The number of hydrogen-bond donors (Lipinski definition) is 1. The summed E-state index contributed by atoms with van der Waals surface area (Å²) in [6.45, 7) is 0. The number of aromatic nitrogens is 1. The summed E-state index contributed by atoms with van der Waals surface area (Å²) in [5.41, 5.74) is 1.62. The summed E-state index contributed by atoms with van der Waals surface area (Å²) in [7, 11) is 0. The van der Waals surface area contributed by atoms with Crippen LogP contribution in [0, 0.1) is 0 Å². The lowest BCUT2D eigenvalue weighted by atomic mass is 9.98. The number of aliphatic hydroxyl groups excluding tert-OH is 1. The fourth-order valence-electron chi connectivity index (χ4n) is 2.42. The van der Waals surface area contributed by atoms with Gasteiger partial charge in [0.15, 0.2) is 0 Å². The van der Waals surface area contributed by atoms with E-state index in [0.29, 0.717) is 16.5 Å². The van der Waals surface area contributed by atoms with Gasteiger partial charge in [-0.05, 0) is 29.1 Å². The first-order valence-electron chi connectivity index (χ1n) is 6.60. The third kappa shape index (κ3) is 3.03. The fraction of sp³-hybridized carbons (Fsp3) is 0.118. The van der Waals surface area contributed by atoms with E-state index in [4.69, 9.17) is 23.2 Å². The summed E-state index contributed by atoms with van der Waals surface area (Å²) in [5.74, 6) is 0. The first-order chi connectivity index (χ1) is 10.1. The maximum Gasteiger partial charge on any atom is 0.0851 e. The monoisotopic (exact) mass is 317 g/mol. The van der Waals surface area contributed by atoms with E-state index in [-0.39, 0.29) is 0 Å². The Balaban J connectivity index is 1.97. The number of fused-ring (bicyclic) bond motifs is 1. The molecule has 0 amide bonds. The van der Waals surface area contributed by atoms with Crippen LogP contribution in [0.15, 0.2) is 54.9 Å². The van der Waals surface area contributed by atoms with Crippen LogP contribution in [0.5, 0.6) is 0 Å². The van der Waals surface area contributed by atoms with Gasteiger partial charge >= 0.3 is 0 Å². The van der Waals surface area contributed by atoms with Crippen molar-refractivity contribution in [2.45, 2.75) is 12.5 Å². The van der Waals surface area contributed by atoms with E-state index in [0.717, 1.165) is 21.9 Å². The van der Waals surface area contributed by atoms with Crippen LogP contribution in [-0.4, -0.2) is 10.1 Å². The highest BCUT2D eigenvalue weighted by atomic mass is 35.5. The lowest BCUT2D eigenvalue weighted by Crippen LogP contribution is -2.04. The topological polar surface area (TPSA) is 33.1 Å². The summed E-state index contributed by atoms with van der Waals surface area (Å²) in [4.78, 5) is 4.20. The molecule has 0 aliphatic rings. The van der Waals surface area contributed by atoms with E-state index in [1.54, 1.807) is 30.6 Å². The third-order valence-corrected chi connectivity index (χ3v) is 4.08. The molecule has 0 aliphatic heterocycles. The van der Waals surface area contributed by atoms with E-state index >= 15 is 0 Å². The van der Waals surface area contributed by atoms with Gasteiger partial charge in [0.05, 0.1) is 6.10 Å². The number of nitrogens with zero attached hydrogens (tertiary/aromatic N) is 1. The van der Waals surface area contributed by atoms with Crippen molar-refractivity contribution in [1.82, 2.24) is 4.98 Å². The molecule has 0 aliphatic carbocycles. The highest BCUT2D eigenvalue weighted by Crippen LogP contribution is 2.29. The van der Waals surface area contributed by atoms with E-state index in [2.05, 4.69) is 4.98 Å². The molecule has 2 nitrogen and oxygen atoms in total. The molecule has 0 radical (unpaired) electrons. The Hall–Kier alpha value is -1.61. The second-order valence-electron chi connectivity index (χ2n) is 4.91.